The number of carbonyl (C=O) groups is 2. The number of aliphatic carboxylic acids is 1. The third-order valence-corrected chi connectivity index (χ3v) is 3.70. The number of benzene rings is 1. The Morgan fingerprint density at radius 1 is 1.38 bits per heavy atom. The first kappa shape index (κ1) is 15.8. The van der Waals surface area contributed by atoms with Gasteiger partial charge in [0.2, 0.25) is 0 Å². The summed E-state index contributed by atoms with van der Waals surface area (Å²) in [7, 11) is 0. The molecule has 5 nitrogen and oxygen atoms in total. The molecule has 1 heterocycles. The number of ether oxygens (including phenoxy) is 1. The number of anilines is 1. The highest BCUT2D eigenvalue weighted by atomic mass is 79.9. The quantitative estimate of drug-likeness (QED) is 0.832. The van der Waals surface area contributed by atoms with Gasteiger partial charge in [-0.3, -0.25) is 9.69 Å². The van der Waals surface area contributed by atoms with E-state index in [0.717, 1.165) is 4.47 Å². The first-order valence-corrected chi connectivity index (χ1v) is 7.51. The van der Waals surface area contributed by atoms with Crippen LogP contribution in [0, 0.1) is 0 Å². The van der Waals surface area contributed by atoms with Crippen LogP contribution in [-0.2, 0) is 9.53 Å². The molecule has 0 aromatic heterocycles. The number of carbonyl (C=O) groups excluding carboxylic acids is 1. The van der Waals surface area contributed by atoms with Gasteiger partial charge < -0.3 is 9.84 Å². The zero-order valence-electron chi connectivity index (χ0n) is 12.2. The minimum atomic E-state index is -0.877. The van der Waals surface area contributed by atoms with Crippen LogP contribution in [0.1, 0.15) is 38.7 Å². The molecule has 1 amide bonds. The number of hydrogen-bond acceptors (Lipinski definition) is 3. The molecule has 1 aromatic rings. The van der Waals surface area contributed by atoms with Crippen LogP contribution in [-0.4, -0.2) is 29.3 Å². The van der Waals surface area contributed by atoms with E-state index in [-0.39, 0.29) is 0 Å². The Morgan fingerprint density at radius 2 is 2.05 bits per heavy atom. The van der Waals surface area contributed by atoms with Crippen LogP contribution in [0.4, 0.5) is 10.5 Å². The summed E-state index contributed by atoms with van der Waals surface area (Å²) in [5.41, 5.74) is 0.649. The van der Waals surface area contributed by atoms with Gasteiger partial charge in [0.15, 0.2) is 0 Å². The van der Waals surface area contributed by atoms with Gasteiger partial charge in [-0.2, -0.15) is 0 Å². The molecule has 0 saturated carbocycles. The minimum Gasteiger partial charge on any atom is -0.481 e. The fourth-order valence-electron chi connectivity index (χ4n) is 2.35. The van der Waals surface area contributed by atoms with Crippen molar-refractivity contribution in [2.45, 2.75) is 38.7 Å². The second-order valence-electron chi connectivity index (χ2n) is 6.01. The van der Waals surface area contributed by atoms with Gasteiger partial charge in [0.05, 0.1) is 11.6 Å². The number of hydrogen-bond donors (Lipinski definition) is 1. The van der Waals surface area contributed by atoms with Crippen molar-refractivity contribution in [2.24, 2.45) is 0 Å². The summed E-state index contributed by atoms with van der Waals surface area (Å²) < 4.78 is 6.18. The van der Waals surface area contributed by atoms with E-state index in [1.807, 2.05) is 0 Å². The van der Waals surface area contributed by atoms with Crippen LogP contribution in [0.3, 0.4) is 0 Å². The molecule has 1 unspecified atom stereocenters. The number of nitrogens with zero attached hydrogens (tertiary/aromatic N) is 1. The highest BCUT2D eigenvalue weighted by Gasteiger charge is 2.34. The molecule has 1 N–H and O–H groups in total. The Bertz CT molecular complexity index is 580. The topological polar surface area (TPSA) is 66.8 Å². The van der Waals surface area contributed by atoms with Crippen LogP contribution < -0.4 is 4.90 Å². The Kier molecular flexibility index (Phi) is 4.27. The van der Waals surface area contributed by atoms with Crippen molar-refractivity contribution >= 4 is 33.7 Å². The van der Waals surface area contributed by atoms with E-state index >= 15 is 0 Å². The largest absolute Gasteiger partial charge is 0.481 e. The molecule has 21 heavy (non-hydrogen) atoms. The lowest BCUT2D eigenvalue weighted by atomic mass is 9.90. The SMILES string of the molecule is CC(C)(C)OC(=O)N1CCC(C(=O)O)c2cc(Br)ccc21. The minimum absolute atomic E-state index is 0.334. The van der Waals surface area contributed by atoms with E-state index in [2.05, 4.69) is 15.9 Å². The number of carboxylic acids is 1. The number of halogens is 1. The number of carboxylic acid groups (broad SMARTS) is 1. The van der Waals surface area contributed by atoms with Crippen molar-refractivity contribution in [3.63, 3.8) is 0 Å². The molecule has 1 aliphatic heterocycles. The van der Waals surface area contributed by atoms with Crippen LogP contribution >= 0.6 is 15.9 Å². The van der Waals surface area contributed by atoms with E-state index in [1.165, 1.54) is 4.90 Å². The summed E-state index contributed by atoms with van der Waals surface area (Å²) in [5.74, 6) is -1.48. The van der Waals surface area contributed by atoms with E-state index in [9.17, 15) is 14.7 Å². The van der Waals surface area contributed by atoms with Gasteiger partial charge in [-0.15, -0.1) is 0 Å². The van der Waals surface area contributed by atoms with Crippen molar-refractivity contribution in [3.8, 4) is 0 Å². The molecule has 0 saturated heterocycles. The van der Waals surface area contributed by atoms with Crippen LogP contribution in [0.5, 0.6) is 0 Å². The van der Waals surface area contributed by atoms with Crippen LogP contribution in [0.2, 0.25) is 0 Å². The third kappa shape index (κ3) is 3.56. The second kappa shape index (κ2) is 5.67. The molecule has 6 heteroatoms. The Hall–Kier alpha value is -1.56. The lowest BCUT2D eigenvalue weighted by molar-refractivity contribution is -0.139. The van der Waals surface area contributed by atoms with Crippen molar-refractivity contribution in [1.82, 2.24) is 0 Å². The fraction of sp³-hybridized carbons (Fsp3) is 0.467. The van der Waals surface area contributed by atoms with E-state index in [0.29, 0.717) is 24.2 Å². The molecular formula is C15H18BrNO4. The molecule has 0 aliphatic carbocycles. The summed E-state index contributed by atoms with van der Waals surface area (Å²) in [5, 5.41) is 9.34. The Labute approximate surface area is 132 Å². The van der Waals surface area contributed by atoms with Gasteiger partial charge >= 0.3 is 12.1 Å². The molecule has 1 aliphatic rings. The maximum absolute atomic E-state index is 12.3. The Morgan fingerprint density at radius 3 is 2.62 bits per heavy atom. The highest BCUT2D eigenvalue weighted by Crippen LogP contribution is 2.37. The van der Waals surface area contributed by atoms with Crippen molar-refractivity contribution in [2.75, 3.05) is 11.4 Å². The van der Waals surface area contributed by atoms with Crippen molar-refractivity contribution < 1.29 is 19.4 Å². The smallest absolute Gasteiger partial charge is 0.414 e. The first-order valence-electron chi connectivity index (χ1n) is 6.72. The van der Waals surface area contributed by atoms with Gasteiger partial charge in [-0.05, 0) is 51.0 Å². The third-order valence-electron chi connectivity index (χ3n) is 3.21. The molecule has 0 fully saturated rings. The maximum Gasteiger partial charge on any atom is 0.414 e. The molecule has 1 atom stereocenters. The van der Waals surface area contributed by atoms with Crippen LogP contribution in [0.15, 0.2) is 22.7 Å². The summed E-state index contributed by atoms with van der Waals surface area (Å²) in [4.78, 5) is 25.2. The zero-order chi connectivity index (χ0) is 15.8. The van der Waals surface area contributed by atoms with E-state index in [1.54, 1.807) is 39.0 Å². The van der Waals surface area contributed by atoms with Crippen molar-refractivity contribution in [1.29, 1.82) is 0 Å². The predicted molar refractivity (Wildman–Crippen MR) is 82.7 cm³/mol. The zero-order valence-corrected chi connectivity index (χ0v) is 13.8. The first-order chi connectivity index (χ1) is 9.69. The Balaban J connectivity index is 2.38. The summed E-state index contributed by atoms with van der Waals surface area (Å²) >= 11 is 3.35. The normalized spacial score (nSPS) is 18.1. The van der Waals surface area contributed by atoms with Crippen molar-refractivity contribution in [3.05, 3.63) is 28.2 Å². The molecule has 0 radical (unpaired) electrons. The summed E-state index contributed by atoms with van der Waals surface area (Å²) in [6, 6.07) is 5.30. The predicted octanol–water partition coefficient (Wildman–Crippen LogP) is 3.76. The molecule has 0 bridgehead atoms. The maximum atomic E-state index is 12.3. The van der Waals surface area contributed by atoms with Gasteiger partial charge in [-0.25, -0.2) is 4.79 Å². The second-order valence-corrected chi connectivity index (χ2v) is 6.93. The average Bonchev–Trinajstić information content (AvgIpc) is 2.34. The van der Waals surface area contributed by atoms with E-state index < -0.39 is 23.6 Å². The molecule has 0 spiro atoms. The molecule has 1 aromatic carbocycles. The monoisotopic (exact) mass is 355 g/mol. The molecule has 114 valence electrons. The lowest BCUT2D eigenvalue weighted by Crippen LogP contribution is -2.41. The van der Waals surface area contributed by atoms with Crippen LogP contribution in [0.25, 0.3) is 0 Å². The molecular weight excluding hydrogens is 338 g/mol. The summed E-state index contributed by atoms with van der Waals surface area (Å²) in [6.45, 7) is 5.74. The number of rotatable bonds is 1. The van der Waals surface area contributed by atoms with Gasteiger partial charge in [0.1, 0.15) is 5.60 Å². The molecule has 2 rings (SSSR count). The van der Waals surface area contributed by atoms with E-state index in [4.69, 9.17) is 4.74 Å². The van der Waals surface area contributed by atoms with Gasteiger partial charge in [0.25, 0.3) is 0 Å². The standard InChI is InChI=1S/C15H18BrNO4/c1-15(2,3)21-14(20)17-7-6-10(13(18)19)11-8-9(16)4-5-12(11)17/h4-5,8,10H,6-7H2,1-3H3,(H,18,19). The van der Waals surface area contributed by atoms with Gasteiger partial charge in [-0.1, -0.05) is 15.9 Å². The fourth-order valence-corrected chi connectivity index (χ4v) is 2.73. The number of fused-ring (bicyclic) bond motifs is 1. The van der Waals surface area contributed by atoms with Gasteiger partial charge in [0, 0.05) is 11.0 Å². The number of amides is 1. The summed E-state index contributed by atoms with van der Waals surface area (Å²) in [6.07, 6.45) is -0.0761. The lowest BCUT2D eigenvalue weighted by Gasteiger charge is -2.34. The average molecular weight is 356 g/mol. The highest BCUT2D eigenvalue weighted by molar-refractivity contribution is 9.10.